The van der Waals surface area contributed by atoms with Crippen molar-refractivity contribution in [3.8, 4) is 0 Å². The first-order valence-electron chi connectivity index (χ1n) is 5.20. The summed E-state index contributed by atoms with van der Waals surface area (Å²) < 4.78 is 8.02. The minimum atomic E-state index is -0.864. The van der Waals surface area contributed by atoms with Gasteiger partial charge in [-0.3, -0.25) is 9.48 Å². The van der Waals surface area contributed by atoms with Gasteiger partial charge in [0, 0.05) is 6.61 Å². The lowest BCUT2D eigenvalue weighted by Crippen LogP contribution is -2.22. The third kappa shape index (κ3) is 2.62. The molecule has 1 aromatic rings. The van der Waals surface area contributed by atoms with Crippen LogP contribution in [0.15, 0.2) is 10.7 Å². The van der Waals surface area contributed by atoms with Crippen molar-refractivity contribution in [1.82, 2.24) is 9.78 Å². The van der Waals surface area contributed by atoms with Gasteiger partial charge in [0.2, 0.25) is 0 Å². The van der Waals surface area contributed by atoms with E-state index in [-0.39, 0.29) is 12.5 Å². The van der Waals surface area contributed by atoms with Crippen LogP contribution in [-0.2, 0) is 16.0 Å². The SMILES string of the molecule is O=C(O)Cc1cc(Br)n(C2CCCOC2)n1. The van der Waals surface area contributed by atoms with Gasteiger partial charge >= 0.3 is 5.97 Å². The Morgan fingerprint density at radius 3 is 3.19 bits per heavy atom. The number of nitrogens with zero attached hydrogens (tertiary/aromatic N) is 2. The summed E-state index contributed by atoms with van der Waals surface area (Å²) in [6.07, 6.45) is 2.00. The number of hydrogen-bond donors (Lipinski definition) is 1. The molecule has 0 radical (unpaired) electrons. The minimum Gasteiger partial charge on any atom is -0.481 e. The first-order valence-corrected chi connectivity index (χ1v) is 5.99. The van der Waals surface area contributed by atoms with Crippen molar-refractivity contribution in [3.63, 3.8) is 0 Å². The molecule has 0 aliphatic carbocycles. The summed E-state index contributed by atoms with van der Waals surface area (Å²) in [6.45, 7) is 1.45. The van der Waals surface area contributed by atoms with E-state index in [0.717, 1.165) is 24.1 Å². The van der Waals surface area contributed by atoms with Gasteiger partial charge in [0.25, 0.3) is 0 Å². The molecule has 1 fully saturated rings. The molecule has 1 aliphatic rings. The van der Waals surface area contributed by atoms with Crippen LogP contribution in [0.3, 0.4) is 0 Å². The maximum Gasteiger partial charge on any atom is 0.309 e. The van der Waals surface area contributed by atoms with E-state index in [9.17, 15) is 4.79 Å². The summed E-state index contributed by atoms with van der Waals surface area (Å²) in [5, 5.41) is 13.0. The van der Waals surface area contributed by atoms with Crippen LogP contribution in [0.1, 0.15) is 24.6 Å². The molecule has 88 valence electrons. The molecule has 0 aromatic carbocycles. The van der Waals surface area contributed by atoms with Crippen LogP contribution in [0.25, 0.3) is 0 Å². The van der Waals surface area contributed by atoms with E-state index in [4.69, 9.17) is 9.84 Å². The van der Waals surface area contributed by atoms with Crippen LogP contribution < -0.4 is 0 Å². The van der Waals surface area contributed by atoms with Gasteiger partial charge in [0.15, 0.2) is 0 Å². The fraction of sp³-hybridized carbons (Fsp3) is 0.600. The first-order chi connectivity index (χ1) is 7.66. The standard InChI is InChI=1S/C10H13BrN2O3/c11-9-4-7(5-10(14)15)12-13(9)8-2-1-3-16-6-8/h4,8H,1-3,5-6H2,(H,14,15). The number of aliphatic carboxylic acids is 1. The Kier molecular flexibility index (Phi) is 3.60. The highest BCUT2D eigenvalue weighted by Crippen LogP contribution is 2.24. The van der Waals surface area contributed by atoms with Gasteiger partial charge in [-0.15, -0.1) is 0 Å². The molecule has 6 heteroatoms. The third-order valence-electron chi connectivity index (χ3n) is 2.56. The van der Waals surface area contributed by atoms with E-state index in [0.29, 0.717) is 12.3 Å². The van der Waals surface area contributed by atoms with Crippen molar-refractivity contribution in [1.29, 1.82) is 0 Å². The Bertz CT molecular complexity index is 385. The normalized spacial score (nSPS) is 20.9. The number of carbonyl (C=O) groups is 1. The number of carboxylic acids is 1. The van der Waals surface area contributed by atoms with Gasteiger partial charge in [0.05, 0.1) is 24.8 Å². The fourth-order valence-electron chi connectivity index (χ4n) is 1.83. The maximum absolute atomic E-state index is 10.6. The van der Waals surface area contributed by atoms with E-state index in [1.807, 2.05) is 4.68 Å². The molecule has 1 saturated heterocycles. The predicted octanol–water partition coefficient (Wildman–Crippen LogP) is 1.62. The van der Waals surface area contributed by atoms with Crippen LogP contribution in [-0.4, -0.2) is 34.1 Å². The monoisotopic (exact) mass is 288 g/mol. The summed E-state index contributed by atoms with van der Waals surface area (Å²) in [5.41, 5.74) is 0.574. The van der Waals surface area contributed by atoms with Crippen LogP contribution in [0, 0.1) is 0 Å². The molecule has 1 unspecified atom stereocenters. The number of carboxylic acid groups (broad SMARTS) is 1. The van der Waals surface area contributed by atoms with Gasteiger partial charge in [-0.05, 0) is 34.8 Å². The molecule has 1 aromatic heterocycles. The average Bonchev–Trinajstić information content (AvgIpc) is 2.60. The maximum atomic E-state index is 10.6. The molecule has 0 saturated carbocycles. The Labute approximate surface area is 102 Å². The van der Waals surface area contributed by atoms with Crippen molar-refractivity contribution in [2.45, 2.75) is 25.3 Å². The van der Waals surface area contributed by atoms with E-state index >= 15 is 0 Å². The van der Waals surface area contributed by atoms with Crippen LogP contribution in [0.2, 0.25) is 0 Å². The Morgan fingerprint density at radius 2 is 2.56 bits per heavy atom. The quantitative estimate of drug-likeness (QED) is 0.918. The second-order valence-electron chi connectivity index (χ2n) is 3.84. The molecule has 1 N–H and O–H groups in total. The number of halogens is 1. The summed E-state index contributed by atoms with van der Waals surface area (Å²) in [5.74, 6) is -0.864. The predicted molar refractivity (Wildman–Crippen MR) is 60.4 cm³/mol. The zero-order valence-electron chi connectivity index (χ0n) is 8.73. The molecule has 1 atom stereocenters. The Hall–Kier alpha value is -0.880. The molecule has 0 bridgehead atoms. The van der Waals surface area contributed by atoms with Crippen molar-refractivity contribution >= 4 is 21.9 Å². The molecule has 16 heavy (non-hydrogen) atoms. The van der Waals surface area contributed by atoms with Crippen LogP contribution in [0.5, 0.6) is 0 Å². The van der Waals surface area contributed by atoms with E-state index in [1.54, 1.807) is 6.07 Å². The summed E-state index contributed by atoms with van der Waals surface area (Å²) in [7, 11) is 0. The second-order valence-corrected chi connectivity index (χ2v) is 4.66. The molecule has 5 nitrogen and oxygen atoms in total. The number of hydrogen-bond acceptors (Lipinski definition) is 3. The van der Waals surface area contributed by atoms with Crippen molar-refractivity contribution in [3.05, 3.63) is 16.4 Å². The second kappa shape index (κ2) is 4.97. The lowest BCUT2D eigenvalue weighted by molar-refractivity contribution is -0.136. The summed E-state index contributed by atoms with van der Waals surface area (Å²) in [4.78, 5) is 10.6. The van der Waals surface area contributed by atoms with E-state index in [1.165, 1.54) is 0 Å². The number of aromatic nitrogens is 2. The number of ether oxygens (including phenoxy) is 1. The van der Waals surface area contributed by atoms with E-state index in [2.05, 4.69) is 21.0 Å². The molecule has 1 aliphatic heterocycles. The largest absolute Gasteiger partial charge is 0.481 e. The molecular formula is C10H13BrN2O3. The van der Waals surface area contributed by atoms with Gasteiger partial charge < -0.3 is 9.84 Å². The summed E-state index contributed by atoms with van der Waals surface area (Å²) >= 11 is 3.39. The highest BCUT2D eigenvalue weighted by molar-refractivity contribution is 9.10. The van der Waals surface area contributed by atoms with Crippen molar-refractivity contribution < 1.29 is 14.6 Å². The van der Waals surface area contributed by atoms with Crippen molar-refractivity contribution in [2.24, 2.45) is 0 Å². The minimum absolute atomic E-state index is 0.0425. The molecular weight excluding hydrogens is 276 g/mol. The molecule has 0 amide bonds. The fourth-order valence-corrected chi connectivity index (χ4v) is 2.47. The zero-order valence-corrected chi connectivity index (χ0v) is 10.3. The van der Waals surface area contributed by atoms with Crippen LogP contribution in [0.4, 0.5) is 0 Å². The lowest BCUT2D eigenvalue weighted by Gasteiger charge is -2.23. The smallest absolute Gasteiger partial charge is 0.309 e. The zero-order chi connectivity index (χ0) is 11.5. The van der Waals surface area contributed by atoms with Gasteiger partial charge in [-0.25, -0.2) is 0 Å². The topological polar surface area (TPSA) is 64.3 Å². The third-order valence-corrected chi connectivity index (χ3v) is 3.15. The van der Waals surface area contributed by atoms with E-state index < -0.39 is 5.97 Å². The summed E-state index contributed by atoms with van der Waals surface area (Å²) in [6, 6.07) is 1.97. The molecule has 2 rings (SSSR count). The highest BCUT2D eigenvalue weighted by atomic mass is 79.9. The van der Waals surface area contributed by atoms with Crippen LogP contribution >= 0.6 is 15.9 Å². The van der Waals surface area contributed by atoms with Gasteiger partial charge in [-0.1, -0.05) is 0 Å². The lowest BCUT2D eigenvalue weighted by atomic mass is 10.1. The first kappa shape index (κ1) is 11.6. The molecule has 2 heterocycles. The Morgan fingerprint density at radius 1 is 1.75 bits per heavy atom. The average molecular weight is 289 g/mol. The van der Waals surface area contributed by atoms with Gasteiger partial charge in [0.1, 0.15) is 4.60 Å². The number of rotatable bonds is 3. The molecule has 0 spiro atoms. The highest BCUT2D eigenvalue weighted by Gasteiger charge is 2.20. The van der Waals surface area contributed by atoms with Gasteiger partial charge in [-0.2, -0.15) is 5.10 Å². The Balaban J connectivity index is 2.13. The van der Waals surface area contributed by atoms with Crippen molar-refractivity contribution in [2.75, 3.05) is 13.2 Å².